The predicted molar refractivity (Wildman–Crippen MR) is 66.6 cm³/mol. The summed E-state index contributed by atoms with van der Waals surface area (Å²) in [7, 11) is -2.77. The summed E-state index contributed by atoms with van der Waals surface area (Å²) in [5.41, 5.74) is 1.36. The molecule has 2 rings (SSSR count). The third kappa shape index (κ3) is 3.93. The molecule has 0 atom stereocenters. The zero-order chi connectivity index (χ0) is 14.6. The van der Waals surface area contributed by atoms with Crippen molar-refractivity contribution in [2.24, 2.45) is 0 Å². The Labute approximate surface area is 115 Å². The fraction of sp³-hybridized carbons (Fsp3) is 0.273. The van der Waals surface area contributed by atoms with Gasteiger partial charge in [-0.3, -0.25) is 0 Å². The molecule has 106 valence electrons. The second kappa shape index (κ2) is 5.88. The molecule has 0 saturated carbocycles. The van der Waals surface area contributed by atoms with Crippen LogP contribution >= 0.6 is 0 Å². The molecule has 0 aromatic carbocycles. The lowest BCUT2D eigenvalue weighted by atomic mass is 10.2. The van der Waals surface area contributed by atoms with Gasteiger partial charge in [0.15, 0.2) is 12.7 Å². The third-order valence-corrected chi connectivity index (χ3v) is 3.14. The predicted octanol–water partition coefficient (Wildman–Crippen LogP) is -0.620. The van der Waals surface area contributed by atoms with Gasteiger partial charge in [0.2, 0.25) is 0 Å². The molecule has 8 nitrogen and oxygen atoms in total. The molecule has 0 unspecified atom stereocenters. The van der Waals surface area contributed by atoms with Gasteiger partial charge in [0.05, 0.1) is 18.6 Å². The van der Waals surface area contributed by atoms with Crippen LogP contribution in [0, 0.1) is 0 Å². The molecule has 0 aliphatic rings. The van der Waals surface area contributed by atoms with Crippen molar-refractivity contribution in [3.05, 3.63) is 30.7 Å². The Balaban J connectivity index is 2.15. The number of nitrogens with zero attached hydrogens (tertiary/aromatic N) is 4. The summed E-state index contributed by atoms with van der Waals surface area (Å²) >= 11 is 0. The van der Waals surface area contributed by atoms with E-state index in [0.717, 1.165) is 5.56 Å². The van der Waals surface area contributed by atoms with Crippen LogP contribution in [0.25, 0.3) is 11.3 Å². The Morgan fingerprint density at radius 2 is 2.20 bits per heavy atom. The molecular weight excluding hydrogens is 284 g/mol. The van der Waals surface area contributed by atoms with Crippen LogP contribution in [-0.4, -0.2) is 40.9 Å². The summed E-state index contributed by atoms with van der Waals surface area (Å²) in [5, 5.41) is 4.03. The first-order valence-corrected chi connectivity index (χ1v) is 7.22. The van der Waals surface area contributed by atoms with E-state index in [1.54, 1.807) is 24.5 Å². The standard InChI is InChI=1S/C11H12N4O4S/c1-19-11-12-4-2-10(14-11)9-3-5-15(13-8-9)6-7-20(16,17)18/h2-5,8H,6-7H2,1H3. The fourth-order valence-corrected chi connectivity index (χ4v) is 1.88. The van der Waals surface area contributed by atoms with Crippen molar-refractivity contribution in [1.82, 2.24) is 15.1 Å². The van der Waals surface area contributed by atoms with E-state index in [0.29, 0.717) is 5.69 Å². The van der Waals surface area contributed by atoms with E-state index in [2.05, 4.69) is 15.1 Å². The van der Waals surface area contributed by atoms with Gasteiger partial charge in [-0.2, -0.15) is 4.98 Å². The summed E-state index contributed by atoms with van der Waals surface area (Å²) < 4.78 is 37.9. The monoisotopic (exact) mass is 296 g/mol. The summed E-state index contributed by atoms with van der Waals surface area (Å²) in [4.78, 5) is 8.04. The number of aryl methyl sites for hydroxylation is 1. The van der Waals surface area contributed by atoms with E-state index < -0.39 is 15.9 Å². The minimum atomic E-state index is -4.24. The van der Waals surface area contributed by atoms with Crippen LogP contribution in [0.15, 0.2) is 30.7 Å². The Morgan fingerprint density at radius 3 is 2.80 bits per heavy atom. The van der Waals surface area contributed by atoms with E-state index in [4.69, 9.17) is 4.74 Å². The first-order chi connectivity index (χ1) is 9.48. The maximum atomic E-state index is 10.5. The molecule has 0 spiro atoms. The summed E-state index contributed by atoms with van der Waals surface area (Å²) in [5.74, 6) is -0.495. The van der Waals surface area contributed by atoms with Gasteiger partial charge in [0, 0.05) is 17.8 Å². The number of ether oxygens (including phenoxy) is 1. The lowest BCUT2D eigenvalue weighted by Gasteiger charge is -2.03. The molecule has 0 aliphatic heterocycles. The topological polar surface area (TPSA) is 109 Å². The molecule has 20 heavy (non-hydrogen) atoms. The average molecular weight is 296 g/mol. The van der Waals surface area contributed by atoms with Gasteiger partial charge in [0.1, 0.15) is 16.3 Å². The van der Waals surface area contributed by atoms with Crippen LogP contribution in [0.1, 0.15) is 0 Å². The fourth-order valence-electron chi connectivity index (χ4n) is 1.47. The third-order valence-electron chi connectivity index (χ3n) is 2.45. The van der Waals surface area contributed by atoms with Crippen molar-refractivity contribution in [2.75, 3.05) is 12.9 Å². The van der Waals surface area contributed by atoms with E-state index >= 15 is 0 Å². The molecule has 0 bridgehead atoms. The van der Waals surface area contributed by atoms with E-state index in [-0.39, 0.29) is 12.6 Å². The van der Waals surface area contributed by atoms with Crippen molar-refractivity contribution >= 4 is 10.1 Å². The molecule has 0 fully saturated rings. The molecule has 0 aliphatic carbocycles. The number of aromatic nitrogens is 4. The highest BCUT2D eigenvalue weighted by molar-refractivity contribution is 7.85. The summed E-state index contributed by atoms with van der Waals surface area (Å²) in [6, 6.07) is 3.66. The molecule has 0 amide bonds. The van der Waals surface area contributed by atoms with Crippen LogP contribution in [0.3, 0.4) is 0 Å². The maximum Gasteiger partial charge on any atom is 0.316 e. The number of hydrogen-bond acceptors (Lipinski definition) is 7. The van der Waals surface area contributed by atoms with Gasteiger partial charge in [-0.1, -0.05) is 4.68 Å². The van der Waals surface area contributed by atoms with E-state index in [1.165, 1.54) is 18.0 Å². The number of methoxy groups -OCH3 is 1. The highest BCUT2D eigenvalue weighted by Gasteiger charge is 2.08. The Bertz CT molecular complexity index is 688. The Hall–Kier alpha value is -2.13. The Kier molecular flexibility index (Phi) is 4.20. The van der Waals surface area contributed by atoms with Crippen molar-refractivity contribution < 1.29 is 22.4 Å². The van der Waals surface area contributed by atoms with Crippen molar-refractivity contribution in [2.45, 2.75) is 6.54 Å². The molecule has 0 saturated heterocycles. The van der Waals surface area contributed by atoms with Crippen LogP contribution in [-0.2, 0) is 16.7 Å². The minimum absolute atomic E-state index is 0.0131. The second-order valence-electron chi connectivity index (χ2n) is 3.87. The largest absolute Gasteiger partial charge is 0.748 e. The average Bonchev–Trinajstić information content (AvgIpc) is 2.45. The maximum absolute atomic E-state index is 10.5. The summed E-state index contributed by atoms with van der Waals surface area (Å²) in [6.07, 6.45) is 4.67. The summed E-state index contributed by atoms with van der Waals surface area (Å²) in [6.45, 7) is 0.0131. The quantitative estimate of drug-likeness (QED) is 0.534. The molecule has 0 N–H and O–H groups in total. The first-order valence-electron chi connectivity index (χ1n) is 5.65. The van der Waals surface area contributed by atoms with Crippen molar-refractivity contribution in [3.8, 4) is 17.3 Å². The smallest absolute Gasteiger partial charge is 0.316 e. The van der Waals surface area contributed by atoms with E-state index in [1.807, 2.05) is 0 Å². The molecule has 2 aromatic rings. The second-order valence-corrected chi connectivity index (χ2v) is 5.39. The van der Waals surface area contributed by atoms with E-state index in [9.17, 15) is 13.0 Å². The molecular formula is C11H12N4O4S. The highest BCUT2D eigenvalue weighted by atomic mass is 32.2. The number of hydrogen-bond donors (Lipinski definition) is 0. The van der Waals surface area contributed by atoms with Gasteiger partial charge in [-0.05, 0) is 11.2 Å². The van der Waals surface area contributed by atoms with Gasteiger partial charge >= 0.3 is 6.01 Å². The van der Waals surface area contributed by atoms with Crippen LogP contribution < -0.4 is 9.42 Å². The highest BCUT2D eigenvalue weighted by Crippen LogP contribution is 2.15. The first kappa shape index (κ1) is 14.3. The van der Waals surface area contributed by atoms with Crippen LogP contribution in [0.2, 0.25) is 0 Å². The number of rotatable bonds is 5. The molecule has 0 radical (unpaired) electrons. The normalized spacial score (nSPS) is 11.3. The van der Waals surface area contributed by atoms with Gasteiger partial charge in [-0.15, -0.1) is 0 Å². The molecule has 2 heterocycles. The molecule has 2 aromatic heterocycles. The zero-order valence-electron chi connectivity index (χ0n) is 10.6. The lowest BCUT2D eigenvalue weighted by Crippen LogP contribution is -2.40. The Morgan fingerprint density at radius 1 is 1.40 bits per heavy atom. The zero-order valence-corrected chi connectivity index (χ0v) is 11.4. The van der Waals surface area contributed by atoms with Crippen LogP contribution in [0.4, 0.5) is 0 Å². The van der Waals surface area contributed by atoms with Gasteiger partial charge in [-0.25, -0.2) is 13.4 Å². The van der Waals surface area contributed by atoms with Crippen molar-refractivity contribution in [1.29, 1.82) is 0 Å². The SMILES string of the molecule is COc1nccc(-c2cc[n+](CCS(=O)(=O)[O-])nc2)n1. The van der Waals surface area contributed by atoms with Crippen molar-refractivity contribution in [3.63, 3.8) is 0 Å². The van der Waals surface area contributed by atoms with Gasteiger partial charge < -0.3 is 9.29 Å². The lowest BCUT2D eigenvalue weighted by molar-refractivity contribution is -0.750. The van der Waals surface area contributed by atoms with Crippen LogP contribution in [0.5, 0.6) is 6.01 Å². The van der Waals surface area contributed by atoms with Gasteiger partial charge in [0.25, 0.3) is 0 Å². The molecule has 9 heteroatoms. The minimum Gasteiger partial charge on any atom is -0.748 e.